The van der Waals surface area contributed by atoms with Gasteiger partial charge in [-0.1, -0.05) is 24.6 Å². The summed E-state index contributed by atoms with van der Waals surface area (Å²) in [5.74, 6) is 0.932. The zero-order chi connectivity index (χ0) is 11.4. The first-order chi connectivity index (χ1) is 7.79. The van der Waals surface area contributed by atoms with Crippen molar-refractivity contribution in [1.29, 1.82) is 0 Å². The predicted octanol–water partition coefficient (Wildman–Crippen LogP) is 3.36. The summed E-state index contributed by atoms with van der Waals surface area (Å²) in [5.41, 5.74) is 1.15. The lowest BCUT2D eigenvalue weighted by Gasteiger charge is -2.21. The van der Waals surface area contributed by atoms with Gasteiger partial charge in [0.15, 0.2) is 0 Å². The first-order valence-corrected chi connectivity index (χ1v) is 6.49. The Bertz CT molecular complexity index is 336. The van der Waals surface area contributed by atoms with Crippen molar-refractivity contribution in [2.45, 2.75) is 32.7 Å². The molecule has 2 rings (SSSR count). The molecule has 0 unspecified atom stereocenters. The van der Waals surface area contributed by atoms with Crippen LogP contribution in [0, 0.1) is 5.92 Å². The molecular weight excluding hydrogens is 220 g/mol. The van der Waals surface area contributed by atoms with Gasteiger partial charge < -0.3 is 0 Å². The number of aromatic nitrogens is 1. The van der Waals surface area contributed by atoms with Gasteiger partial charge in [0.2, 0.25) is 0 Å². The van der Waals surface area contributed by atoms with Crippen molar-refractivity contribution < 1.29 is 0 Å². The Balaban J connectivity index is 1.95. The quantitative estimate of drug-likeness (QED) is 0.707. The van der Waals surface area contributed by atoms with E-state index in [2.05, 4.69) is 22.9 Å². The highest BCUT2D eigenvalue weighted by atomic mass is 35.5. The smallest absolute Gasteiger partial charge is 0.133 e. The van der Waals surface area contributed by atoms with E-state index in [4.69, 9.17) is 11.6 Å². The minimum atomic E-state index is 0.652. The molecule has 3 heteroatoms. The lowest BCUT2D eigenvalue weighted by Crippen LogP contribution is -2.26. The number of hydrogen-bond acceptors (Lipinski definition) is 2. The topological polar surface area (TPSA) is 16.1 Å². The summed E-state index contributed by atoms with van der Waals surface area (Å²) in [7, 11) is 0. The fourth-order valence-electron chi connectivity index (χ4n) is 1.99. The van der Waals surface area contributed by atoms with Gasteiger partial charge >= 0.3 is 0 Å². The number of rotatable bonds is 6. The third kappa shape index (κ3) is 3.46. The molecule has 0 bridgehead atoms. The zero-order valence-corrected chi connectivity index (χ0v) is 10.6. The maximum Gasteiger partial charge on any atom is 0.133 e. The van der Waals surface area contributed by atoms with Crippen LogP contribution in [0.5, 0.6) is 0 Å². The lowest BCUT2D eigenvalue weighted by molar-refractivity contribution is 0.255. The molecular formula is C13H19ClN2. The summed E-state index contributed by atoms with van der Waals surface area (Å²) >= 11 is 6.08. The van der Waals surface area contributed by atoms with Crippen LogP contribution in [-0.2, 0) is 6.54 Å². The monoisotopic (exact) mass is 238 g/mol. The predicted molar refractivity (Wildman–Crippen MR) is 67.5 cm³/mol. The summed E-state index contributed by atoms with van der Waals surface area (Å²) < 4.78 is 0. The minimum absolute atomic E-state index is 0.652. The van der Waals surface area contributed by atoms with Crippen molar-refractivity contribution in [3.63, 3.8) is 0 Å². The van der Waals surface area contributed by atoms with Gasteiger partial charge in [0.25, 0.3) is 0 Å². The van der Waals surface area contributed by atoms with E-state index in [1.165, 1.54) is 25.8 Å². The van der Waals surface area contributed by atoms with E-state index < -0.39 is 0 Å². The van der Waals surface area contributed by atoms with Crippen molar-refractivity contribution >= 4 is 11.6 Å². The van der Waals surface area contributed by atoms with Crippen LogP contribution in [0.2, 0.25) is 5.15 Å². The van der Waals surface area contributed by atoms with E-state index in [1.807, 2.05) is 6.07 Å². The van der Waals surface area contributed by atoms with Crippen LogP contribution in [0.3, 0.4) is 0 Å². The third-order valence-electron chi connectivity index (χ3n) is 2.98. The van der Waals surface area contributed by atoms with Crippen LogP contribution >= 0.6 is 11.6 Å². The lowest BCUT2D eigenvalue weighted by atomic mass is 10.2. The Morgan fingerprint density at radius 1 is 1.50 bits per heavy atom. The molecule has 1 aliphatic carbocycles. The number of halogens is 1. The van der Waals surface area contributed by atoms with Crippen molar-refractivity contribution in [2.75, 3.05) is 13.1 Å². The van der Waals surface area contributed by atoms with E-state index in [-0.39, 0.29) is 0 Å². The molecule has 2 nitrogen and oxygen atoms in total. The van der Waals surface area contributed by atoms with Crippen LogP contribution in [0.15, 0.2) is 18.3 Å². The molecule has 1 aromatic heterocycles. The van der Waals surface area contributed by atoms with Crippen molar-refractivity contribution in [3.8, 4) is 0 Å². The number of nitrogens with zero attached hydrogens (tertiary/aromatic N) is 2. The molecule has 0 aliphatic heterocycles. The number of hydrogen-bond donors (Lipinski definition) is 0. The summed E-state index contributed by atoms with van der Waals surface area (Å²) in [6.45, 7) is 5.54. The van der Waals surface area contributed by atoms with Crippen LogP contribution in [0.4, 0.5) is 0 Å². The molecule has 0 spiro atoms. The van der Waals surface area contributed by atoms with E-state index in [9.17, 15) is 0 Å². The van der Waals surface area contributed by atoms with Gasteiger partial charge in [0, 0.05) is 24.8 Å². The summed E-state index contributed by atoms with van der Waals surface area (Å²) in [6.07, 6.45) is 5.75. The summed E-state index contributed by atoms with van der Waals surface area (Å²) in [5, 5.41) is 0.652. The second kappa shape index (κ2) is 5.65. The van der Waals surface area contributed by atoms with Gasteiger partial charge in [0.05, 0.1) is 0 Å². The highest BCUT2D eigenvalue weighted by Crippen LogP contribution is 2.30. The average molecular weight is 239 g/mol. The molecule has 16 heavy (non-hydrogen) atoms. The largest absolute Gasteiger partial charge is 0.299 e. The maximum atomic E-state index is 6.08. The van der Waals surface area contributed by atoms with Gasteiger partial charge in [-0.3, -0.25) is 4.90 Å². The first-order valence-electron chi connectivity index (χ1n) is 6.11. The molecule has 1 aromatic rings. The highest BCUT2D eigenvalue weighted by molar-refractivity contribution is 6.30. The molecule has 0 aromatic carbocycles. The fourth-order valence-corrected chi connectivity index (χ4v) is 2.17. The summed E-state index contributed by atoms with van der Waals surface area (Å²) in [4.78, 5) is 6.63. The Morgan fingerprint density at radius 3 is 2.94 bits per heavy atom. The standard InChI is InChI=1S/C13H19ClN2/c1-2-8-16(9-11-5-6-11)10-12-4-3-7-15-13(12)14/h3-4,7,11H,2,5-6,8-10H2,1H3. The Hall–Kier alpha value is -0.600. The molecule has 1 saturated carbocycles. The van der Waals surface area contributed by atoms with Gasteiger partial charge in [0.1, 0.15) is 5.15 Å². The van der Waals surface area contributed by atoms with Crippen molar-refractivity contribution in [1.82, 2.24) is 9.88 Å². The summed E-state index contributed by atoms with van der Waals surface area (Å²) in [6, 6.07) is 4.04. The molecule has 1 aliphatic rings. The van der Waals surface area contributed by atoms with Crippen molar-refractivity contribution in [3.05, 3.63) is 29.0 Å². The normalized spacial score (nSPS) is 15.7. The van der Waals surface area contributed by atoms with E-state index in [0.717, 1.165) is 24.6 Å². The van der Waals surface area contributed by atoms with Crippen LogP contribution in [0.1, 0.15) is 31.7 Å². The molecule has 1 heterocycles. The molecule has 0 radical (unpaired) electrons. The zero-order valence-electron chi connectivity index (χ0n) is 9.82. The van der Waals surface area contributed by atoms with Gasteiger partial charge in [-0.05, 0) is 37.8 Å². The van der Waals surface area contributed by atoms with Gasteiger partial charge in [-0.25, -0.2) is 4.98 Å². The molecule has 0 saturated heterocycles. The molecule has 1 fully saturated rings. The Labute approximate surface area is 103 Å². The van der Waals surface area contributed by atoms with Gasteiger partial charge in [-0.2, -0.15) is 0 Å². The van der Waals surface area contributed by atoms with E-state index >= 15 is 0 Å². The highest BCUT2D eigenvalue weighted by Gasteiger charge is 2.24. The first kappa shape index (κ1) is 11.9. The van der Waals surface area contributed by atoms with Crippen LogP contribution < -0.4 is 0 Å². The fraction of sp³-hybridized carbons (Fsp3) is 0.615. The molecule has 0 N–H and O–H groups in total. The van der Waals surface area contributed by atoms with Crippen LogP contribution in [-0.4, -0.2) is 23.0 Å². The third-order valence-corrected chi connectivity index (χ3v) is 3.32. The maximum absolute atomic E-state index is 6.08. The van der Waals surface area contributed by atoms with E-state index in [0.29, 0.717) is 5.15 Å². The van der Waals surface area contributed by atoms with Gasteiger partial charge in [-0.15, -0.1) is 0 Å². The van der Waals surface area contributed by atoms with Crippen molar-refractivity contribution in [2.24, 2.45) is 5.92 Å². The van der Waals surface area contributed by atoms with E-state index in [1.54, 1.807) is 6.20 Å². The molecule has 0 amide bonds. The second-order valence-electron chi connectivity index (χ2n) is 4.63. The molecule has 0 atom stereocenters. The average Bonchev–Trinajstić information content (AvgIpc) is 3.06. The second-order valence-corrected chi connectivity index (χ2v) is 4.99. The minimum Gasteiger partial charge on any atom is -0.299 e. The van der Waals surface area contributed by atoms with Crippen LogP contribution in [0.25, 0.3) is 0 Å². The Morgan fingerprint density at radius 2 is 2.31 bits per heavy atom. The SMILES string of the molecule is CCCN(Cc1cccnc1Cl)CC1CC1. The Kier molecular flexibility index (Phi) is 4.19. The molecule has 88 valence electrons. The number of pyridine rings is 1.